The van der Waals surface area contributed by atoms with Crippen molar-refractivity contribution in [3.63, 3.8) is 0 Å². The van der Waals surface area contributed by atoms with E-state index in [0.717, 1.165) is 11.8 Å². The molecule has 74 valence electrons. The summed E-state index contributed by atoms with van der Waals surface area (Å²) in [6.07, 6.45) is 9.53. The summed E-state index contributed by atoms with van der Waals surface area (Å²) in [6.45, 7) is 7.32. The Morgan fingerprint density at radius 3 is 2.85 bits per heavy atom. The maximum Gasteiger partial charge on any atom is -0.0152 e. The Labute approximate surface area is 82.4 Å². The van der Waals surface area contributed by atoms with Gasteiger partial charge in [0, 0.05) is 0 Å². The van der Waals surface area contributed by atoms with E-state index in [1.165, 1.54) is 32.1 Å². The van der Waals surface area contributed by atoms with Gasteiger partial charge in [-0.3, -0.25) is 0 Å². The fraction of sp³-hybridized carbons (Fsp3) is 0.846. The van der Waals surface area contributed by atoms with Gasteiger partial charge in [-0.25, -0.2) is 0 Å². The van der Waals surface area contributed by atoms with Crippen molar-refractivity contribution < 1.29 is 0 Å². The Hall–Kier alpha value is -0.260. The molecule has 2 aliphatic rings. The molecule has 1 saturated carbocycles. The highest BCUT2D eigenvalue weighted by Gasteiger charge is 2.36. The third-order valence-corrected chi connectivity index (χ3v) is 4.12. The lowest BCUT2D eigenvalue weighted by Gasteiger charge is -2.43. The van der Waals surface area contributed by atoms with Gasteiger partial charge in [-0.2, -0.15) is 0 Å². The van der Waals surface area contributed by atoms with Gasteiger partial charge in [0.05, 0.1) is 0 Å². The second-order valence-electron chi connectivity index (χ2n) is 5.75. The fourth-order valence-corrected chi connectivity index (χ4v) is 3.21. The van der Waals surface area contributed by atoms with E-state index < -0.39 is 0 Å². The quantitative estimate of drug-likeness (QED) is 0.488. The summed E-state index contributed by atoms with van der Waals surface area (Å²) in [5, 5.41) is 0. The van der Waals surface area contributed by atoms with Crippen LogP contribution in [-0.2, 0) is 0 Å². The van der Waals surface area contributed by atoms with E-state index in [1.807, 2.05) is 0 Å². The van der Waals surface area contributed by atoms with Gasteiger partial charge in [0.15, 0.2) is 0 Å². The molecule has 0 aromatic heterocycles. The molecular weight excluding hydrogens is 156 g/mol. The lowest BCUT2D eigenvalue weighted by atomic mass is 9.62. The average Bonchev–Trinajstić information content (AvgIpc) is 2.02. The van der Waals surface area contributed by atoms with Crippen LogP contribution in [0.1, 0.15) is 52.9 Å². The van der Waals surface area contributed by atoms with Crippen LogP contribution in [0.3, 0.4) is 0 Å². The number of hydrogen-bond acceptors (Lipinski definition) is 0. The molecule has 0 bridgehead atoms. The molecule has 0 nitrogen and oxygen atoms in total. The molecule has 0 aromatic rings. The molecule has 0 heterocycles. The zero-order chi connectivity index (χ0) is 9.47. The highest BCUT2D eigenvalue weighted by atomic mass is 14.4. The molecule has 2 rings (SSSR count). The molecule has 13 heavy (non-hydrogen) atoms. The van der Waals surface area contributed by atoms with Gasteiger partial charge in [-0.15, -0.1) is 0 Å². The van der Waals surface area contributed by atoms with E-state index in [0.29, 0.717) is 5.41 Å². The van der Waals surface area contributed by atoms with Gasteiger partial charge < -0.3 is 0 Å². The predicted octanol–water partition coefficient (Wildman–Crippen LogP) is 4.17. The topological polar surface area (TPSA) is 0 Å². The minimum absolute atomic E-state index is 0.588. The first-order valence-electron chi connectivity index (χ1n) is 5.78. The zero-order valence-electron chi connectivity index (χ0n) is 9.27. The van der Waals surface area contributed by atoms with E-state index in [9.17, 15) is 0 Å². The molecule has 0 saturated heterocycles. The molecule has 2 atom stereocenters. The first kappa shape index (κ1) is 9.30. The van der Waals surface area contributed by atoms with Crippen LogP contribution in [0.4, 0.5) is 0 Å². The van der Waals surface area contributed by atoms with E-state index in [-0.39, 0.29) is 0 Å². The van der Waals surface area contributed by atoms with Crippen LogP contribution in [0.25, 0.3) is 0 Å². The molecule has 1 fully saturated rings. The van der Waals surface area contributed by atoms with Gasteiger partial charge in [0.25, 0.3) is 0 Å². The summed E-state index contributed by atoms with van der Waals surface area (Å²) in [7, 11) is 0. The second-order valence-corrected chi connectivity index (χ2v) is 5.75. The normalized spacial score (nSPS) is 37.9. The predicted molar refractivity (Wildman–Crippen MR) is 57.6 cm³/mol. The summed E-state index contributed by atoms with van der Waals surface area (Å²) in [5.41, 5.74) is 2.37. The summed E-state index contributed by atoms with van der Waals surface area (Å²) in [5.74, 6) is 1.86. The van der Waals surface area contributed by atoms with Crippen molar-refractivity contribution in [2.75, 3.05) is 0 Å². The monoisotopic (exact) mass is 178 g/mol. The molecule has 0 aliphatic heterocycles. The second kappa shape index (κ2) is 3.15. The van der Waals surface area contributed by atoms with E-state index in [4.69, 9.17) is 0 Å². The highest BCUT2D eigenvalue weighted by molar-refractivity contribution is 5.17. The highest BCUT2D eigenvalue weighted by Crippen LogP contribution is 2.48. The third-order valence-electron chi connectivity index (χ3n) is 4.12. The van der Waals surface area contributed by atoms with Gasteiger partial charge in [0.1, 0.15) is 0 Å². The minimum Gasteiger partial charge on any atom is -0.0850 e. The van der Waals surface area contributed by atoms with Crippen molar-refractivity contribution >= 4 is 0 Å². The summed E-state index contributed by atoms with van der Waals surface area (Å²) in [6, 6.07) is 0. The Morgan fingerprint density at radius 2 is 2.08 bits per heavy atom. The van der Waals surface area contributed by atoms with Gasteiger partial charge in [0.2, 0.25) is 0 Å². The standard InChI is InChI=1S/C13H22/c1-10-6-7-12-11(9-10)5-4-8-13(12,2)3/h5,10,12H,4,6-9H2,1-3H3. The summed E-state index contributed by atoms with van der Waals surface area (Å²) < 4.78 is 0. The number of rotatable bonds is 0. The van der Waals surface area contributed by atoms with Crippen molar-refractivity contribution in [2.24, 2.45) is 17.3 Å². The Kier molecular flexibility index (Phi) is 2.25. The lowest BCUT2D eigenvalue weighted by Crippen LogP contribution is -2.32. The minimum atomic E-state index is 0.588. The van der Waals surface area contributed by atoms with Crippen molar-refractivity contribution in [2.45, 2.75) is 52.9 Å². The summed E-state index contributed by atoms with van der Waals surface area (Å²) in [4.78, 5) is 0. The van der Waals surface area contributed by atoms with Crippen LogP contribution in [0.15, 0.2) is 11.6 Å². The van der Waals surface area contributed by atoms with Gasteiger partial charge in [-0.1, -0.05) is 32.4 Å². The summed E-state index contributed by atoms with van der Waals surface area (Å²) >= 11 is 0. The maximum atomic E-state index is 2.53. The molecule has 0 N–H and O–H groups in total. The largest absolute Gasteiger partial charge is 0.0850 e. The molecular formula is C13H22. The zero-order valence-corrected chi connectivity index (χ0v) is 9.27. The average molecular weight is 178 g/mol. The molecule has 0 heteroatoms. The number of fused-ring (bicyclic) bond motifs is 1. The van der Waals surface area contributed by atoms with Gasteiger partial charge in [-0.05, 0) is 49.4 Å². The fourth-order valence-electron chi connectivity index (χ4n) is 3.21. The van der Waals surface area contributed by atoms with Crippen LogP contribution >= 0.6 is 0 Å². The lowest BCUT2D eigenvalue weighted by molar-refractivity contribution is 0.166. The van der Waals surface area contributed by atoms with E-state index >= 15 is 0 Å². The van der Waals surface area contributed by atoms with E-state index in [1.54, 1.807) is 5.57 Å². The Bertz CT molecular complexity index is 222. The Morgan fingerprint density at radius 1 is 1.31 bits per heavy atom. The maximum absolute atomic E-state index is 2.53. The van der Waals surface area contributed by atoms with Crippen LogP contribution < -0.4 is 0 Å². The van der Waals surface area contributed by atoms with Crippen molar-refractivity contribution in [3.05, 3.63) is 11.6 Å². The van der Waals surface area contributed by atoms with Crippen LogP contribution in [0.2, 0.25) is 0 Å². The Balaban J connectivity index is 2.19. The van der Waals surface area contributed by atoms with Crippen LogP contribution in [0, 0.1) is 17.3 Å². The SMILES string of the molecule is CC1CCC2C(=CCCC2(C)C)C1. The van der Waals surface area contributed by atoms with Crippen LogP contribution in [0.5, 0.6) is 0 Å². The molecule has 2 aliphatic carbocycles. The van der Waals surface area contributed by atoms with Gasteiger partial charge >= 0.3 is 0 Å². The van der Waals surface area contributed by atoms with Crippen LogP contribution in [-0.4, -0.2) is 0 Å². The molecule has 0 amide bonds. The number of hydrogen-bond donors (Lipinski definition) is 0. The third kappa shape index (κ3) is 1.68. The van der Waals surface area contributed by atoms with E-state index in [2.05, 4.69) is 26.8 Å². The molecule has 0 aromatic carbocycles. The molecule has 0 radical (unpaired) electrons. The number of allylic oxidation sites excluding steroid dienone is 2. The first-order valence-corrected chi connectivity index (χ1v) is 5.78. The van der Waals surface area contributed by atoms with Crippen molar-refractivity contribution in [1.29, 1.82) is 0 Å². The van der Waals surface area contributed by atoms with Crippen molar-refractivity contribution in [3.8, 4) is 0 Å². The smallest absolute Gasteiger partial charge is 0.0152 e. The van der Waals surface area contributed by atoms with Crippen molar-refractivity contribution in [1.82, 2.24) is 0 Å². The first-order chi connectivity index (χ1) is 6.09. The molecule has 0 spiro atoms. The molecule has 2 unspecified atom stereocenters.